The summed E-state index contributed by atoms with van der Waals surface area (Å²) in [7, 11) is -5.73. The summed E-state index contributed by atoms with van der Waals surface area (Å²) in [6, 6.07) is 6.56. The quantitative estimate of drug-likeness (QED) is 0.750. The van der Waals surface area contributed by atoms with Gasteiger partial charge in [0.25, 0.3) is 0 Å². The number of hydrogen-bond donors (Lipinski definition) is 1. The highest BCUT2D eigenvalue weighted by molar-refractivity contribution is 7.92. The van der Waals surface area contributed by atoms with E-state index in [9.17, 15) is 21.6 Å². The summed E-state index contributed by atoms with van der Waals surface area (Å²) in [6.45, 7) is 0.265. The van der Waals surface area contributed by atoms with Gasteiger partial charge in [0.15, 0.2) is 9.84 Å². The summed E-state index contributed by atoms with van der Waals surface area (Å²) < 4.78 is 50.7. The Morgan fingerprint density at radius 3 is 2.24 bits per heavy atom. The largest absolute Gasteiger partial charge is 0.358 e. The molecule has 1 heterocycles. The Hall–Kier alpha value is -1.16. The molecular formula is C15H21ClN2O5S2. The van der Waals surface area contributed by atoms with Crippen LogP contribution in [0, 0.1) is 0 Å². The van der Waals surface area contributed by atoms with Crippen molar-refractivity contribution in [2.45, 2.75) is 23.8 Å². The molecule has 1 saturated heterocycles. The highest BCUT2D eigenvalue weighted by Crippen LogP contribution is 2.23. The number of sulfonamides is 1. The van der Waals surface area contributed by atoms with Crippen LogP contribution in [0.15, 0.2) is 24.3 Å². The summed E-state index contributed by atoms with van der Waals surface area (Å²) in [5.74, 6) is -1.27. The zero-order chi connectivity index (χ0) is 18.7. The summed E-state index contributed by atoms with van der Waals surface area (Å²) in [5.41, 5.74) is 0.624. The van der Waals surface area contributed by atoms with Gasteiger partial charge in [0.2, 0.25) is 15.9 Å². The summed E-state index contributed by atoms with van der Waals surface area (Å²) in [6.07, 6.45) is 0.387. The minimum Gasteiger partial charge on any atom is -0.358 e. The Morgan fingerprint density at radius 2 is 1.72 bits per heavy atom. The van der Waals surface area contributed by atoms with Crippen molar-refractivity contribution in [2.24, 2.45) is 0 Å². The van der Waals surface area contributed by atoms with Gasteiger partial charge in [-0.3, -0.25) is 4.79 Å². The van der Waals surface area contributed by atoms with Crippen molar-refractivity contribution in [1.82, 2.24) is 9.62 Å². The topological polar surface area (TPSA) is 101 Å². The van der Waals surface area contributed by atoms with Crippen molar-refractivity contribution >= 4 is 37.4 Å². The maximum atomic E-state index is 12.5. The number of nitrogens with zero attached hydrogens (tertiary/aromatic N) is 1. The number of piperidine rings is 1. The lowest BCUT2D eigenvalue weighted by atomic mass is 10.2. The molecule has 0 saturated carbocycles. The van der Waals surface area contributed by atoms with Crippen LogP contribution in [0.3, 0.4) is 0 Å². The van der Waals surface area contributed by atoms with E-state index in [2.05, 4.69) is 5.32 Å². The Kier molecular flexibility index (Phi) is 6.47. The second-order valence-electron chi connectivity index (χ2n) is 5.96. The predicted molar refractivity (Wildman–Crippen MR) is 96.5 cm³/mol. The molecule has 0 aromatic heterocycles. The second kappa shape index (κ2) is 8.03. The molecule has 25 heavy (non-hydrogen) atoms. The molecule has 0 spiro atoms. The number of rotatable bonds is 6. The van der Waals surface area contributed by atoms with Gasteiger partial charge in [-0.25, -0.2) is 21.1 Å². The third-order valence-corrected chi connectivity index (χ3v) is 8.43. The van der Waals surface area contributed by atoms with Crippen molar-refractivity contribution in [3.8, 4) is 0 Å². The third-order valence-electron chi connectivity index (χ3n) is 4.18. The van der Waals surface area contributed by atoms with E-state index >= 15 is 0 Å². The minimum atomic E-state index is -3.58. The van der Waals surface area contributed by atoms with E-state index in [1.807, 2.05) is 0 Å². The molecule has 10 heteroatoms. The first kappa shape index (κ1) is 20.2. The van der Waals surface area contributed by atoms with Crippen LogP contribution in [0.1, 0.15) is 18.4 Å². The lowest BCUT2D eigenvalue weighted by molar-refractivity contribution is -0.118. The minimum absolute atomic E-state index is 0.133. The summed E-state index contributed by atoms with van der Waals surface area (Å²) >= 11 is 5.79. The molecular weight excluding hydrogens is 388 g/mol. The molecule has 1 fully saturated rings. The van der Waals surface area contributed by atoms with Crippen molar-refractivity contribution in [3.63, 3.8) is 0 Å². The van der Waals surface area contributed by atoms with Gasteiger partial charge in [0.1, 0.15) is 5.75 Å². The fraction of sp³-hybridized carbons (Fsp3) is 0.533. The highest BCUT2D eigenvalue weighted by atomic mass is 35.5. The van der Waals surface area contributed by atoms with E-state index in [-0.39, 0.29) is 31.7 Å². The van der Waals surface area contributed by atoms with Gasteiger partial charge in [-0.1, -0.05) is 23.7 Å². The van der Waals surface area contributed by atoms with Crippen LogP contribution < -0.4 is 5.32 Å². The Balaban J connectivity index is 1.98. The van der Waals surface area contributed by atoms with Gasteiger partial charge in [0, 0.05) is 25.2 Å². The van der Waals surface area contributed by atoms with Gasteiger partial charge in [0.05, 0.1) is 11.0 Å². The summed E-state index contributed by atoms with van der Waals surface area (Å²) in [5, 5.41) is 2.13. The van der Waals surface area contributed by atoms with Crippen LogP contribution in [0.2, 0.25) is 5.02 Å². The molecule has 0 atom stereocenters. The first-order valence-corrected chi connectivity index (χ1v) is 11.5. The van der Waals surface area contributed by atoms with Crippen molar-refractivity contribution in [1.29, 1.82) is 0 Å². The van der Waals surface area contributed by atoms with Crippen LogP contribution >= 0.6 is 11.6 Å². The van der Waals surface area contributed by atoms with Crippen LogP contribution in [0.25, 0.3) is 0 Å². The Labute approximate surface area is 153 Å². The number of sulfone groups is 1. The standard InChI is InChI=1S/C15H21ClN2O5S2/c1-17-15(19)11-24(20,21)14-6-8-18(9-7-14)25(22,23)10-12-2-4-13(16)5-3-12/h2-5,14H,6-11H2,1H3,(H,17,19). The van der Waals surface area contributed by atoms with Gasteiger partial charge in [-0.15, -0.1) is 0 Å². The van der Waals surface area contributed by atoms with Gasteiger partial charge in [-0.2, -0.15) is 0 Å². The smallest absolute Gasteiger partial charge is 0.234 e. The molecule has 1 aliphatic heterocycles. The van der Waals surface area contributed by atoms with Crippen LogP contribution in [-0.4, -0.2) is 58.2 Å². The average molecular weight is 409 g/mol. The van der Waals surface area contributed by atoms with Crippen LogP contribution in [0.4, 0.5) is 0 Å². The number of carbonyl (C=O) groups is 1. The summed E-state index contributed by atoms with van der Waals surface area (Å²) in [4.78, 5) is 11.3. The Bertz CT molecular complexity index is 814. The molecule has 0 radical (unpaired) electrons. The Morgan fingerprint density at radius 1 is 1.16 bits per heavy atom. The van der Waals surface area contributed by atoms with Crippen molar-refractivity contribution in [2.75, 3.05) is 25.9 Å². The van der Waals surface area contributed by atoms with Crippen molar-refractivity contribution < 1.29 is 21.6 Å². The predicted octanol–water partition coefficient (Wildman–Crippen LogP) is 0.795. The lowest BCUT2D eigenvalue weighted by Crippen LogP contribution is -2.44. The zero-order valence-electron chi connectivity index (χ0n) is 13.8. The lowest BCUT2D eigenvalue weighted by Gasteiger charge is -2.30. The van der Waals surface area contributed by atoms with Gasteiger partial charge >= 0.3 is 0 Å². The van der Waals surface area contributed by atoms with E-state index < -0.39 is 36.8 Å². The molecule has 2 rings (SSSR count). The molecule has 1 aliphatic rings. The van der Waals surface area contributed by atoms with Gasteiger partial charge < -0.3 is 5.32 Å². The number of carbonyl (C=O) groups excluding carboxylic acids is 1. The normalized spacial score (nSPS) is 17.4. The molecule has 1 aromatic rings. The number of halogens is 1. The highest BCUT2D eigenvalue weighted by Gasteiger charge is 2.35. The maximum absolute atomic E-state index is 12.5. The SMILES string of the molecule is CNC(=O)CS(=O)(=O)C1CCN(S(=O)(=O)Cc2ccc(Cl)cc2)CC1. The van der Waals surface area contributed by atoms with Crippen molar-refractivity contribution in [3.05, 3.63) is 34.9 Å². The molecule has 1 aromatic carbocycles. The molecule has 0 aliphatic carbocycles. The number of hydrogen-bond acceptors (Lipinski definition) is 5. The van der Waals surface area contributed by atoms with Crippen LogP contribution in [-0.2, 0) is 30.4 Å². The van der Waals surface area contributed by atoms with E-state index in [0.717, 1.165) is 0 Å². The fourth-order valence-corrected chi connectivity index (χ4v) is 6.09. The fourth-order valence-electron chi connectivity index (χ4n) is 2.72. The number of benzene rings is 1. The van der Waals surface area contributed by atoms with E-state index in [0.29, 0.717) is 10.6 Å². The third kappa shape index (κ3) is 5.40. The zero-order valence-corrected chi connectivity index (χ0v) is 16.2. The van der Waals surface area contributed by atoms with Crippen LogP contribution in [0.5, 0.6) is 0 Å². The van der Waals surface area contributed by atoms with E-state index in [4.69, 9.17) is 11.6 Å². The van der Waals surface area contributed by atoms with E-state index in [1.165, 1.54) is 11.4 Å². The monoisotopic (exact) mass is 408 g/mol. The molecule has 0 unspecified atom stereocenters. The maximum Gasteiger partial charge on any atom is 0.234 e. The number of nitrogens with one attached hydrogen (secondary N) is 1. The first-order valence-electron chi connectivity index (χ1n) is 7.78. The number of amides is 1. The molecule has 140 valence electrons. The van der Waals surface area contributed by atoms with Gasteiger partial charge in [-0.05, 0) is 30.5 Å². The first-order chi connectivity index (χ1) is 11.6. The molecule has 7 nitrogen and oxygen atoms in total. The average Bonchev–Trinajstić information content (AvgIpc) is 2.56. The molecule has 0 bridgehead atoms. The second-order valence-corrected chi connectivity index (χ2v) is 10.6. The van der Waals surface area contributed by atoms with E-state index in [1.54, 1.807) is 24.3 Å². The molecule has 1 amide bonds. The molecule has 1 N–H and O–H groups in total.